The summed E-state index contributed by atoms with van der Waals surface area (Å²) in [5.74, 6) is 0.181. The van der Waals surface area contributed by atoms with E-state index in [1.165, 1.54) is 30.4 Å². The molecule has 0 saturated carbocycles. The summed E-state index contributed by atoms with van der Waals surface area (Å²) in [5.41, 5.74) is 1.44. The molecule has 1 aliphatic rings. The Kier molecular flexibility index (Phi) is 6.27. The van der Waals surface area contributed by atoms with Gasteiger partial charge in [-0.15, -0.1) is 0 Å². The Morgan fingerprint density at radius 3 is 2.56 bits per heavy atom. The second-order valence-electron chi connectivity index (χ2n) is 7.09. The van der Waals surface area contributed by atoms with E-state index in [0.717, 1.165) is 0 Å². The average molecular weight is 437 g/mol. The van der Waals surface area contributed by atoms with Gasteiger partial charge in [0.05, 0.1) is 18.1 Å². The van der Waals surface area contributed by atoms with Crippen molar-refractivity contribution in [2.75, 3.05) is 36.5 Å². The van der Waals surface area contributed by atoms with E-state index in [0.29, 0.717) is 54.8 Å². The molecule has 3 aromatic rings. The minimum atomic E-state index is -0.462. The molecule has 0 spiro atoms. The number of rotatable bonds is 6. The highest BCUT2D eigenvalue weighted by Crippen LogP contribution is 2.31. The largest absolute Gasteiger partial charge is 0.457 e. The summed E-state index contributed by atoms with van der Waals surface area (Å²) in [6, 6.07) is 13.9. The number of nitro benzene ring substituents is 1. The van der Waals surface area contributed by atoms with Crippen LogP contribution in [0.4, 0.5) is 21.5 Å². The molecule has 9 heteroatoms. The first-order valence-corrected chi connectivity index (χ1v) is 9.95. The number of hydrogen-bond acceptors (Lipinski definition) is 6. The van der Waals surface area contributed by atoms with E-state index in [-0.39, 0.29) is 11.5 Å². The van der Waals surface area contributed by atoms with Crippen LogP contribution >= 0.6 is 0 Å². The number of benzene rings is 2. The molecular formula is C23H20FN3O5. The fraction of sp³-hybridized carbons (Fsp3) is 0.174. The molecule has 0 radical (unpaired) electrons. The Hall–Kier alpha value is -3.98. The first kappa shape index (κ1) is 21.3. The van der Waals surface area contributed by atoms with Gasteiger partial charge in [0.2, 0.25) is 5.91 Å². The first-order chi connectivity index (χ1) is 15.5. The number of nitrogens with one attached hydrogen (secondary N) is 1. The predicted octanol–water partition coefficient (Wildman–Crippen LogP) is 4.48. The fourth-order valence-corrected chi connectivity index (χ4v) is 3.37. The molecule has 1 aliphatic heterocycles. The molecule has 1 fully saturated rings. The van der Waals surface area contributed by atoms with Gasteiger partial charge >= 0.3 is 0 Å². The van der Waals surface area contributed by atoms with Gasteiger partial charge in [0.1, 0.15) is 23.0 Å². The maximum Gasteiger partial charge on any atom is 0.294 e. The number of carbonyl (C=O) groups excluding carboxylic acids is 1. The number of morpholine rings is 1. The fourth-order valence-electron chi connectivity index (χ4n) is 3.37. The Balaban J connectivity index is 1.43. The van der Waals surface area contributed by atoms with Crippen LogP contribution in [0.1, 0.15) is 5.76 Å². The lowest BCUT2D eigenvalue weighted by atomic mass is 10.2. The summed E-state index contributed by atoms with van der Waals surface area (Å²) in [6.07, 6.45) is 2.76. The van der Waals surface area contributed by atoms with Crippen LogP contribution in [-0.2, 0) is 9.53 Å². The minimum Gasteiger partial charge on any atom is -0.457 e. The zero-order valence-corrected chi connectivity index (χ0v) is 17.0. The molecule has 2 aromatic carbocycles. The second-order valence-corrected chi connectivity index (χ2v) is 7.09. The standard InChI is InChI=1S/C23H20FN3O5/c24-17-3-1-16(2-4-17)22-9-6-19(32-22)7-10-23(28)25-18-5-8-20(21(15-18)27(29)30)26-11-13-31-14-12-26/h1-10,15H,11-14H2,(H,25,28)/b10-7+. The van der Waals surface area contributed by atoms with E-state index >= 15 is 0 Å². The average Bonchev–Trinajstić information content (AvgIpc) is 3.28. The van der Waals surface area contributed by atoms with Crippen LogP contribution in [0.15, 0.2) is 65.1 Å². The van der Waals surface area contributed by atoms with E-state index in [9.17, 15) is 19.3 Å². The van der Waals surface area contributed by atoms with E-state index in [1.807, 2.05) is 4.90 Å². The van der Waals surface area contributed by atoms with Crippen LogP contribution in [-0.4, -0.2) is 37.1 Å². The van der Waals surface area contributed by atoms with Crippen LogP contribution in [0.25, 0.3) is 17.4 Å². The van der Waals surface area contributed by atoms with E-state index in [1.54, 1.807) is 36.4 Å². The van der Waals surface area contributed by atoms with Crippen molar-refractivity contribution >= 4 is 29.0 Å². The summed E-state index contributed by atoms with van der Waals surface area (Å²) in [5, 5.41) is 14.2. The van der Waals surface area contributed by atoms with Gasteiger partial charge in [-0.05, 0) is 54.6 Å². The molecular weight excluding hydrogens is 417 g/mol. The lowest BCUT2D eigenvalue weighted by Gasteiger charge is -2.28. The van der Waals surface area contributed by atoms with Crippen molar-refractivity contribution < 1.29 is 23.3 Å². The zero-order chi connectivity index (χ0) is 22.5. The third-order valence-electron chi connectivity index (χ3n) is 4.95. The lowest BCUT2D eigenvalue weighted by molar-refractivity contribution is -0.384. The Labute approximate surface area is 183 Å². The summed E-state index contributed by atoms with van der Waals surface area (Å²) in [7, 11) is 0. The molecule has 0 atom stereocenters. The van der Waals surface area contributed by atoms with Gasteiger partial charge < -0.3 is 19.4 Å². The number of amides is 1. The van der Waals surface area contributed by atoms with E-state index in [4.69, 9.17) is 9.15 Å². The van der Waals surface area contributed by atoms with Crippen molar-refractivity contribution in [2.24, 2.45) is 0 Å². The third kappa shape index (κ3) is 5.01. The Morgan fingerprint density at radius 1 is 1.09 bits per heavy atom. The molecule has 4 rings (SSSR count). The van der Waals surface area contributed by atoms with Crippen LogP contribution in [0, 0.1) is 15.9 Å². The Bertz CT molecular complexity index is 1150. The number of furan rings is 1. The molecule has 2 heterocycles. The molecule has 1 N–H and O–H groups in total. The molecule has 32 heavy (non-hydrogen) atoms. The first-order valence-electron chi connectivity index (χ1n) is 9.95. The maximum absolute atomic E-state index is 13.1. The number of nitrogens with zero attached hydrogens (tertiary/aromatic N) is 2. The van der Waals surface area contributed by atoms with Gasteiger partial charge in [-0.1, -0.05) is 0 Å². The van der Waals surface area contributed by atoms with Gasteiger partial charge in [0.25, 0.3) is 5.69 Å². The van der Waals surface area contributed by atoms with Gasteiger partial charge in [-0.25, -0.2) is 4.39 Å². The molecule has 0 aliphatic carbocycles. The summed E-state index contributed by atoms with van der Waals surface area (Å²) < 4.78 is 24.0. The van der Waals surface area contributed by atoms with Gasteiger partial charge in [0, 0.05) is 36.5 Å². The highest BCUT2D eigenvalue weighted by molar-refractivity contribution is 6.02. The van der Waals surface area contributed by atoms with Crippen LogP contribution < -0.4 is 10.2 Å². The van der Waals surface area contributed by atoms with Gasteiger partial charge in [0.15, 0.2) is 0 Å². The summed E-state index contributed by atoms with van der Waals surface area (Å²) in [4.78, 5) is 25.3. The predicted molar refractivity (Wildman–Crippen MR) is 118 cm³/mol. The molecule has 1 amide bonds. The highest BCUT2D eigenvalue weighted by atomic mass is 19.1. The lowest BCUT2D eigenvalue weighted by Crippen LogP contribution is -2.36. The van der Waals surface area contributed by atoms with Crippen molar-refractivity contribution in [1.82, 2.24) is 0 Å². The smallest absolute Gasteiger partial charge is 0.294 e. The van der Waals surface area contributed by atoms with Gasteiger partial charge in [-0.2, -0.15) is 0 Å². The normalized spacial score (nSPS) is 14.0. The molecule has 0 bridgehead atoms. The SMILES string of the molecule is O=C(/C=C/c1ccc(-c2ccc(F)cc2)o1)Nc1ccc(N2CCOCC2)c([N+](=O)[O-])c1. The van der Waals surface area contributed by atoms with Crippen LogP contribution in [0.3, 0.4) is 0 Å². The van der Waals surface area contributed by atoms with Crippen molar-refractivity contribution in [2.45, 2.75) is 0 Å². The maximum atomic E-state index is 13.1. The van der Waals surface area contributed by atoms with Crippen molar-refractivity contribution in [3.05, 3.63) is 82.4 Å². The van der Waals surface area contributed by atoms with Crippen molar-refractivity contribution in [3.63, 3.8) is 0 Å². The molecule has 1 aromatic heterocycles. The molecule has 0 unspecified atom stereocenters. The Morgan fingerprint density at radius 2 is 1.84 bits per heavy atom. The topological polar surface area (TPSA) is 97.9 Å². The summed E-state index contributed by atoms with van der Waals surface area (Å²) in [6.45, 7) is 2.16. The third-order valence-corrected chi connectivity index (χ3v) is 4.95. The molecule has 164 valence electrons. The number of nitro groups is 1. The number of hydrogen-bond donors (Lipinski definition) is 1. The second kappa shape index (κ2) is 9.44. The zero-order valence-electron chi connectivity index (χ0n) is 17.0. The minimum absolute atomic E-state index is 0.0800. The van der Waals surface area contributed by atoms with Crippen LogP contribution in [0.5, 0.6) is 0 Å². The number of ether oxygens (including phenoxy) is 1. The quantitative estimate of drug-likeness (QED) is 0.347. The summed E-state index contributed by atoms with van der Waals surface area (Å²) >= 11 is 0. The van der Waals surface area contributed by atoms with E-state index in [2.05, 4.69) is 5.32 Å². The highest BCUT2D eigenvalue weighted by Gasteiger charge is 2.22. The number of halogens is 1. The molecule has 1 saturated heterocycles. The monoisotopic (exact) mass is 437 g/mol. The molecule has 8 nitrogen and oxygen atoms in total. The number of carbonyl (C=O) groups is 1. The van der Waals surface area contributed by atoms with Crippen molar-refractivity contribution in [1.29, 1.82) is 0 Å². The van der Waals surface area contributed by atoms with E-state index < -0.39 is 10.8 Å². The number of anilines is 2. The van der Waals surface area contributed by atoms with Gasteiger partial charge in [-0.3, -0.25) is 14.9 Å². The van der Waals surface area contributed by atoms with Crippen LogP contribution in [0.2, 0.25) is 0 Å². The van der Waals surface area contributed by atoms with Crippen molar-refractivity contribution in [3.8, 4) is 11.3 Å².